The molecular formula is C25H26FN5O. The van der Waals surface area contributed by atoms with Crippen molar-refractivity contribution in [2.75, 3.05) is 19.6 Å². The van der Waals surface area contributed by atoms with E-state index in [1.165, 1.54) is 23.9 Å². The number of amides is 1. The van der Waals surface area contributed by atoms with Gasteiger partial charge in [0.1, 0.15) is 11.5 Å². The minimum atomic E-state index is -0.251. The Labute approximate surface area is 187 Å². The maximum absolute atomic E-state index is 13.7. The van der Waals surface area contributed by atoms with E-state index in [1.54, 1.807) is 17.3 Å². The highest BCUT2D eigenvalue weighted by Crippen LogP contribution is 2.30. The predicted octanol–water partition coefficient (Wildman–Crippen LogP) is 4.07. The number of carbonyl (C=O) groups excluding carboxylic acids is 1. The van der Waals surface area contributed by atoms with Gasteiger partial charge in [-0.15, -0.1) is 0 Å². The molecule has 1 aliphatic heterocycles. The molecule has 2 N–H and O–H groups in total. The molecule has 7 heteroatoms. The number of rotatable bonds is 7. The molecule has 2 heterocycles. The summed E-state index contributed by atoms with van der Waals surface area (Å²) < 4.78 is 13.7. The Morgan fingerprint density at radius 3 is 2.75 bits per heavy atom. The average molecular weight is 432 g/mol. The quantitative estimate of drug-likeness (QED) is 0.716. The number of aliphatic imine (C=N–C) groups is 1. The lowest BCUT2D eigenvalue weighted by Crippen LogP contribution is -2.37. The summed E-state index contributed by atoms with van der Waals surface area (Å²) in [5.74, 6) is -0.473. The van der Waals surface area contributed by atoms with E-state index in [9.17, 15) is 9.18 Å². The number of allylic oxidation sites excluding steroid dienone is 4. The molecule has 0 radical (unpaired) electrons. The molecular weight excluding hydrogens is 405 g/mol. The van der Waals surface area contributed by atoms with Crippen LogP contribution in [0.2, 0.25) is 0 Å². The van der Waals surface area contributed by atoms with Crippen molar-refractivity contribution in [1.29, 1.82) is 0 Å². The SMILES string of the molecule is Cc1ccc(-c2nccnc2C(=O)N(CCN)CCC2=CN=C3CC=C(F)C=C23)cc1C. The van der Waals surface area contributed by atoms with Crippen LogP contribution < -0.4 is 5.73 Å². The average Bonchev–Trinajstić information content (AvgIpc) is 3.20. The topological polar surface area (TPSA) is 84.5 Å². The number of hydrogen-bond donors (Lipinski definition) is 1. The van der Waals surface area contributed by atoms with Gasteiger partial charge in [0, 0.05) is 55.8 Å². The fraction of sp³-hybridized carbons (Fsp3) is 0.280. The smallest absolute Gasteiger partial charge is 0.274 e. The minimum Gasteiger partial charge on any atom is -0.336 e. The van der Waals surface area contributed by atoms with E-state index in [0.29, 0.717) is 43.9 Å². The lowest BCUT2D eigenvalue weighted by molar-refractivity contribution is 0.0757. The van der Waals surface area contributed by atoms with Crippen LogP contribution in [0, 0.1) is 13.8 Å². The summed E-state index contributed by atoms with van der Waals surface area (Å²) in [5.41, 5.74) is 12.4. The zero-order valence-corrected chi connectivity index (χ0v) is 18.3. The molecule has 0 saturated carbocycles. The van der Waals surface area contributed by atoms with Crippen molar-refractivity contribution < 1.29 is 9.18 Å². The van der Waals surface area contributed by atoms with Crippen molar-refractivity contribution in [2.24, 2.45) is 10.7 Å². The number of nitrogens with two attached hydrogens (primary N) is 1. The minimum absolute atomic E-state index is 0.222. The second-order valence-corrected chi connectivity index (χ2v) is 7.96. The number of benzene rings is 1. The Bertz CT molecular complexity index is 1180. The first-order valence-corrected chi connectivity index (χ1v) is 10.7. The molecule has 6 nitrogen and oxygen atoms in total. The van der Waals surface area contributed by atoms with Gasteiger partial charge in [-0.1, -0.05) is 12.1 Å². The molecule has 1 amide bonds. The normalized spacial score (nSPS) is 14.9. The van der Waals surface area contributed by atoms with Gasteiger partial charge in [-0.2, -0.15) is 0 Å². The summed E-state index contributed by atoms with van der Waals surface area (Å²) in [7, 11) is 0. The molecule has 164 valence electrons. The molecule has 0 spiro atoms. The van der Waals surface area contributed by atoms with Crippen molar-refractivity contribution in [2.45, 2.75) is 26.7 Å². The number of fused-ring (bicyclic) bond motifs is 1. The molecule has 0 unspecified atom stereocenters. The van der Waals surface area contributed by atoms with Crippen molar-refractivity contribution in [3.63, 3.8) is 0 Å². The molecule has 0 bridgehead atoms. The van der Waals surface area contributed by atoms with Crippen LogP contribution in [0.3, 0.4) is 0 Å². The summed E-state index contributed by atoms with van der Waals surface area (Å²) in [5, 5.41) is 0. The highest BCUT2D eigenvalue weighted by atomic mass is 19.1. The van der Waals surface area contributed by atoms with Gasteiger partial charge in [-0.05, 0) is 55.2 Å². The summed E-state index contributed by atoms with van der Waals surface area (Å²) in [6.07, 6.45) is 8.96. The van der Waals surface area contributed by atoms with Crippen molar-refractivity contribution in [3.05, 3.63) is 82.7 Å². The zero-order chi connectivity index (χ0) is 22.7. The summed E-state index contributed by atoms with van der Waals surface area (Å²) >= 11 is 0. The highest BCUT2D eigenvalue weighted by molar-refractivity contribution is 6.08. The van der Waals surface area contributed by atoms with E-state index in [0.717, 1.165) is 28.0 Å². The fourth-order valence-corrected chi connectivity index (χ4v) is 3.88. The number of nitrogens with zero attached hydrogens (tertiary/aromatic N) is 4. The Morgan fingerprint density at radius 1 is 1.16 bits per heavy atom. The van der Waals surface area contributed by atoms with Gasteiger partial charge in [-0.3, -0.25) is 14.8 Å². The van der Waals surface area contributed by atoms with Crippen LogP contribution in [0.4, 0.5) is 4.39 Å². The number of hydrogen-bond acceptors (Lipinski definition) is 5. The zero-order valence-electron chi connectivity index (χ0n) is 18.3. The molecule has 2 aromatic rings. The van der Waals surface area contributed by atoms with Crippen LogP contribution in [0.1, 0.15) is 34.5 Å². The predicted molar refractivity (Wildman–Crippen MR) is 124 cm³/mol. The molecule has 32 heavy (non-hydrogen) atoms. The van der Waals surface area contributed by atoms with Crippen LogP contribution >= 0.6 is 0 Å². The third-order valence-electron chi connectivity index (χ3n) is 5.82. The van der Waals surface area contributed by atoms with Crippen LogP contribution in [0.15, 0.2) is 70.9 Å². The largest absolute Gasteiger partial charge is 0.336 e. The number of aromatic nitrogens is 2. The molecule has 2 aliphatic rings. The third-order valence-corrected chi connectivity index (χ3v) is 5.82. The standard InChI is InChI=1S/C25H26FN5O/c1-16-3-4-18(13-17(16)2)23-24(29-10-9-28-23)25(32)31(12-8-27)11-7-19-15-30-22-6-5-20(26)14-21(19)22/h3-5,9-10,13-15H,6-8,11-12,27H2,1-2H3. The Hall–Kier alpha value is -3.45. The third kappa shape index (κ3) is 4.43. The molecule has 4 rings (SSSR count). The molecule has 1 aromatic heterocycles. The lowest BCUT2D eigenvalue weighted by Gasteiger charge is -2.23. The van der Waals surface area contributed by atoms with Gasteiger partial charge in [0.05, 0.1) is 5.71 Å². The van der Waals surface area contributed by atoms with Gasteiger partial charge >= 0.3 is 0 Å². The Morgan fingerprint density at radius 2 is 1.97 bits per heavy atom. The number of halogens is 1. The molecule has 1 aromatic carbocycles. The van der Waals surface area contributed by atoms with Gasteiger partial charge in [-0.25, -0.2) is 9.37 Å². The first-order valence-electron chi connectivity index (χ1n) is 10.7. The monoisotopic (exact) mass is 431 g/mol. The first kappa shape index (κ1) is 21.8. The van der Waals surface area contributed by atoms with Gasteiger partial charge < -0.3 is 10.6 Å². The maximum atomic E-state index is 13.7. The molecule has 0 atom stereocenters. The van der Waals surface area contributed by atoms with E-state index in [-0.39, 0.29) is 11.7 Å². The van der Waals surface area contributed by atoms with Gasteiger partial charge in [0.2, 0.25) is 0 Å². The number of aryl methyl sites for hydroxylation is 2. The van der Waals surface area contributed by atoms with Crippen LogP contribution in [0.25, 0.3) is 11.3 Å². The second kappa shape index (κ2) is 9.36. The highest BCUT2D eigenvalue weighted by Gasteiger charge is 2.25. The van der Waals surface area contributed by atoms with Crippen molar-refractivity contribution in [3.8, 4) is 11.3 Å². The van der Waals surface area contributed by atoms with Gasteiger partial charge in [0.15, 0.2) is 5.69 Å². The number of carbonyl (C=O) groups is 1. The van der Waals surface area contributed by atoms with E-state index in [4.69, 9.17) is 5.73 Å². The van der Waals surface area contributed by atoms with Crippen molar-refractivity contribution >= 4 is 11.6 Å². The van der Waals surface area contributed by atoms with Gasteiger partial charge in [0.25, 0.3) is 5.91 Å². The van der Waals surface area contributed by atoms with Crippen molar-refractivity contribution in [1.82, 2.24) is 14.9 Å². The second-order valence-electron chi connectivity index (χ2n) is 7.96. The van der Waals surface area contributed by atoms with E-state index in [2.05, 4.69) is 15.0 Å². The molecule has 0 saturated heterocycles. The summed E-state index contributed by atoms with van der Waals surface area (Å²) in [6.45, 7) is 5.21. The van der Waals surface area contributed by atoms with E-state index >= 15 is 0 Å². The summed E-state index contributed by atoms with van der Waals surface area (Å²) in [6, 6.07) is 5.99. The summed E-state index contributed by atoms with van der Waals surface area (Å²) in [4.78, 5) is 28.4. The molecule has 0 fully saturated rings. The van der Waals surface area contributed by atoms with Crippen LogP contribution in [0.5, 0.6) is 0 Å². The van der Waals surface area contributed by atoms with Crippen LogP contribution in [-0.4, -0.2) is 46.1 Å². The fourth-order valence-electron chi connectivity index (χ4n) is 3.88. The Balaban J connectivity index is 1.56. The van der Waals surface area contributed by atoms with E-state index < -0.39 is 0 Å². The lowest BCUT2D eigenvalue weighted by atomic mass is 9.95. The molecule has 1 aliphatic carbocycles. The first-order chi connectivity index (χ1) is 15.5. The Kier molecular flexibility index (Phi) is 6.37. The van der Waals surface area contributed by atoms with E-state index in [1.807, 2.05) is 32.0 Å². The maximum Gasteiger partial charge on any atom is 0.274 e. The van der Waals surface area contributed by atoms with Crippen LogP contribution in [-0.2, 0) is 0 Å².